The minimum atomic E-state index is 0.801. The van der Waals surface area contributed by atoms with Crippen molar-refractivity contribution in [1.82, 2.24) is 0 Å². The molecule has 0 aliphatic rings. The second kappa shape index (κ2) is 6.88. The molecule has 0 saturated heterocycles. The van der Waals surface area contributed by atoms with E-state index in [1.807, 2.05) is 12.1 Å². The summed E-state index contributed by atoms with van der Waals surface area (Å²) in [6.45, 7) is 4.63. The first-order valence-corrected chi connectivity index (χ1v) is 6.06. The Bertz CT molecular complexity index is 243. The Hall–Kier alpha value is -0.500. The van der Waals surface area contributed by atoms with Gasteiger partial charge in [-0.1, -0.05) is 28.1 Å². The van der Waals surface area contributed by atoms with Crippen LogP contribution in [0.3, 0.4) is 0 Å². The molecule has 0 bridgehead atoms. The minimum absolute atomic E-state index is 0.801. The van der Waals surface area contributed by atoms with E-state index < -0.39 is 0 Å². The van der Waals surface area contributed by atoms with Gasteiger partial charge in [0.15, 0.2) is 0 Å². The van der Waals surface area contributed by atoms with Crippen molar-refractivity contribution in [2.45, 2.75) is 19.3 Å². The molecular formula is C12H16BrO. The average molecular weight is 256 g/mol. The van der Waals surface area contributed by atoms with E-state index in [1.165, 1.54) is 5.56 Å². The molecule has 0 atom stereocenters. The molecule has 0 amide bonds. The Morgan fingerprint density at radius 1 is 1.14 bits per heavy atom. The topological polar surface area (TPSA) is 9.23 Å². The Morgan fingerprint density at radius 2 is 1.86 bits per heavy atom. The zero-order valence-corrected chi connectivity index (χ0v) is 9.92. The third kappa shape index (κ3) is 4.14. The third-order valence-electron chi connectivity index (χ3n) is 2.01. The number of rotatable bonds is 6. The smallest absolute Gasteiger partial charge is 0.119 e. The number of hydrogen-bond donors (Lipinski definition) is 0. The van der Waals surface area contributed by atoms with Crippen molar-refractivity contribution in [1.29, 1.82) is 0 Å². The molecule has 1 aromatic carbocycles. The molecule has 1 nitrogen and oxygen atoms in total. The first-order valence-electron chi connectivity index (χ1n) is 4.93. The lowest BCUT2D eigenvalue weighted by atomic mass is 10.2. The minimum Gasteiger partial charge on any atom is -0.494 e. The summed E-state index contributed by atoms with van der Waals surface area (Å²) in [4.78, 5) is 0. The van der Waals surface area contributed by atoms with E-state index in [4.69, 9.17) is 4.74 Å². The van der Waals surface area contributed by atoms with Crippen LogP contribution in [0.5, 0.6) is 5.75 Å². The summed E-state index contributed by atoms with van der Waals surface area (Å²) in [5.74, 6) is 0.955. The monoisotopic (exact) mass is 255 g/mol. The van der Waals surface area contributed by atoms with Gasteiger partial charge in [-0.25, -0.2) is 0 Å². The van der Waals surface area contributed by atoms with Gasteiger partial charge in [0.05, 0.1) is 6.61 Å². The standard InChI is InChI=1S/C12H16BrO/c1-2-11-5-7-12(8-6-11)14-10-4-3-9-13/h5-8H,1-4,9-10H2. The number of halogens is 1. The highest BCUT2D eigenvalue weighted by Crippen LogP contribution is 2.12. The summed E-state index contributed by atoms with van der Waals surface area (Å²) in [5.41, 5.74) is 1.25. The zero-order chi connectivity index (χ0) is 10.2. The second-order valence-corrected chi connectivity index (χ2v) is 3.93. The number of hydrogen-bond acceptors (Lipinski definition) is 1. The molecule has 0 N–H and O–H groups in total. The largest absolute Gasteiger partial charge is 0.494 e. The number of alkyl halides is 1. The molecular weight excluding hydrogens is 240 g/mol. The van der Waals surface area contributed by atoms with Crippen molar-refractivity contribution in [3.05, 3.63) is 36.8 Å². The highest BCUT2D eigenvalue weighted by atomic mass is 79.9. The van der Waals surface area contributed by atoms with Crippen LogP contribution >= 0.6 is 15.9 Å². The van der Waals surface area contributed by atoms with Gasteiger partial charge in [-0.2, -0.15) is 0 Å². The lowest BCUT2D eigenvalue weighted by Crippen LogP contribution is -1.97. The van der Waals surface area contributed by atoms with Crippen LogP contribution in [0.15, 0.2) is 24.3 Å². The van der Waals surface area contributed by atoms with Gasteiger partial charge in [0.2, 0.25) is 0 Å². The Kier molecular flexibility index (Phi) is 5.69. The van der Waals surface area contributed by atoms with Gasteiger partial charge in [-0.15, -0.1) is 0 Å². The van der Waals surface area contributed by atoms with Crippen molar-refractivity contribution in [3.63, 3.8) is 0 Å². The van der Waals surface area contributed by atoms with Crippen LogP contribution < -0.4 is 4.74 Å². The summed E-state index contributed by atoms with van der Waals surface area (Å²) >= 11 is 3.39. The number of benzene rings is 1. The summed E-state index contributed by atoms with van der Waals surface area (Å²) in [7, 11) is 0. The fourth-order valence-electron chi connectivity index (χ4n) is 1.14. The van der Waals surface area contributed by atoms with Crippen molar-refractivity contribution < 1.29 is 4.74 Å². The van der Waals surface area contributed by atoms with Gasteiger partial charge in [0, 0.05) is 5.33 Å². The highest BCUT2D eigenvalue weighted by Gasteiger charge is 1.93. The van der Waals surface area contributed by atoms with Crippen LogP contribution in [0, 0.1) is 6.92 Å². The third-order valence-corrected chi connectivity index (χ3v) is 2.57. The van der Waals surface area contributed by atoms with E-state index >= 15 is 0 Å². The van der Waals surface area contributed by atoms with Crippen LogP contribution in [0.1, 0.15) is 18.4 Å². The lowest BCUT2D eigenvalue weighted by Gasteiger charge is -2.05. The fraction of sp³-hybridized carbons (Fsp3) is 0.417. The molecule has 0 heterocycles. The van der Waals surface area contributed by atoms with Crippen molar-refractivity contribution in [2.24, 2.45) is 0 Å². The maximum atomic E-state index is 5.57. The molecule has 1 aromatic rings. The molecule has 77 valence electrons. The second-order valence-electron chi connectivity index (χ2n) is 3.14. The molecule has 0 aromatic heterocycles. The molecule has 14 heavy (non-hydrogen) atoms. The SMILES string of the molecule is [CH2]Cc1ccc(OCCCCBr)cc1. The van der Waals surface area contributed by atoms with E-state index in [-0.39, 0.29) is 0 Å². The Morgan fingerprint density at radius 3 is 2.43 bits per heavy atom. The predicted molar refractivity (Wildman–Crippen MR) is 64.0 cm³/mol. The summed E-state index contributed by atoms with van der Waals surface area (Å²) in [6, 6.07) is 8.14. The molecule has 0 saturated carbocycles. The van der Waals surface area contributed by atoms with E-state index in [9.17, 15) is 0 Å². The summed E-state index contributed by atoms with van der Waals surface area (Å²) in [5, 5.41) is 1.05. The van der Waals surface area contributed by atoms with Gasteiger partial charge < -0.3 is 4.74 Å². The molecule has 0 fully saturated rings. The summed E-state index contributed by atoms with van der Waals surface area (Å²) in [6.07, 6.45) is 3.10. The van der Waals surface area contributed by atoms with Gasteiger partial charge in [0.1, 0.15) is 5.75 Å². The van der Waals surface area contributed by atoms with Crippen molar-refractivity contribution in [3.8, 4) is 5.75 Å². The van der Waals surface area contributed by atoms with Crippen LogP contribution in [-0.4, -0.2) is 11.9 Å². The first-order chi connectivity index (χ1) is 6.86. The van der Waals surface area contributed by atoms with E-state index in [0.29, 0.717) is 0 Å². The van der Waals surface area contributed by atoms with Crippen LogP contribution in [0.4, 0.5) is 0 Å². The van der Waals surface area contributed by atoms with Gasteiger partial charge in [0.25, 0.3) is 0 Å². The van der Waals surface area contributed by atoms with Crippen LogP contribution in [-0.2, 0) is 6.42 Å². The van der Waals surface area contributed by atoms with Crippen LogP contribution in [0.2, 0.25) is 0 Å². The molecule has 0 unspecified atom stereocenters. The fourth-order valence-corrected chi connectivity index (χ4v) is 1.54. The molecule has 0 spiro atoms. The molecule has 2 heteroatoms. The molecule has 0 aliphatic heterocycles. The van der Waals surface area contributed by atoms with E-state index in [2.05, 4.69) is 35.0 Å². The quantitative estimate of drug-likeness (QED) is 0.558. The number of unbranched alkanes of at least 4 members (excludes halogenated alkanes) is 1. The normalized spacial score (nSPS) is 10.1. The Balaban J connectivity index is 2.29. The summed E-state index contributed by atoms with van der Waals surface area (Å²) < 4.78 is 5.57. The van der Waals surface area contributed by atoms with E-state index in [1.54, 1.807) is 0 Å². The Labute approximate surface area is 94.6 Å². The van der Waals surface area contributed by atoms with Gasteiger partial charge >= 0.3 is 0 Å². The van der Waals surface area contributed by atoms with Crippen LogP contribution in [0.25, 0.3) is 0 Å². The van der Waals surface area contributed by atoms with Crippen molar-refractivity contribution >= 4 is 15.9 Å². The number of ether oxygens (including phenoxy) is 1. The van der Waals surface area contributed by atoms with Crippen molar-refractivity contribution in [2.75, 3.05) is 11.9 Å². The van der Waals surface area contributed by atoms with E-state index in [0.717, 1.165) is 36.9 Å². The van der Waals surface area contributed by atoms with Gasteiger partial charge in [-0.3, -0.25) is 0 Å². The highest BCUT2D eigenvalue weighted by molar-refractivity contribution is 9.09. The zero-order valence-electron chi connectivity index (χ0n) is 8.34. The lowest BCUT2D eigenvalue weighted by molar-refractivity contribution is 0.310. The van der Waals surface area contributed by atoms with Gasteiger partial charge in [-0.05, 0) is 43.9 Å². The molecule has 1 radical (unpaired) electrons. The maximum absolute atomic E-state index is 5.57. The average Bonchev–Trinajstić information content (AvgIpc) is 2.25. The first kappa shape index (κ1) is 11.6. The predicted octanol–water partition coefficient (Wildman–Crippen LogP) is 3.62. The molecule has 1 rings (SSSR count). The maximum Gasteiger partial charge on any atom is 0.119 e. The molecule has 0 aliphatic carbocycles.